The van der Waals surface area contributed by atoms with Crippen molar-refractivity contribution in [3.05, 3.63) is 22.2 Å². The summed E-state index contributed by atoms with van der Waals surface area (Å²) < 4.78 is 5.44. The molecule has 2 amide bonds. The van der Waals surface area contributed by atoms with Gasteiger partial charge in [0.15, 0.2) is 0 Å². The molecular weight excluding hydrogens is 300 g/mol. The van der Waals surface area contributed by atoms with Gasteiger partial charge in [-0.3, -0.25) is 10.1 Å². The molecular formula is C12H13BrN2O3. The molecule has 1 heterocycles. The van der Waals surface area contributed by atoms with Crippen molar-refractivity contribution < 1.29 is 14.3 Å². The third-order valence-electron chi connectivity index (χ3n) is 2.83. The van der Waals surface area contributed by atoms with E-state index in [1.807, 2.05) is 6.07 Å². The number of anilines is 2. The van der Waals surface area contributed by atoms with E-state index in [1.54, 1.807) is 11.0 Å². The summed E-state index contributed by atoms with van der Waals surface area (Å²) in [6.07, 6.45) is 0.232. The van der Waals surface area contributed by atoms with Crippen LogP contribution in [0.25, 0.3) is 0 Å². The Hall–Kier alpha value is -1.56. The van der Waals surface area contributed by atoms with E-state index in [2.05, 4.69) is 26.0 Å². The summed E-state index contributed by atoms with van der Waals surface area (Å²) >= 11 is 3.39. The van der Waals surface area contributed by atoms with Crippen molar-refractivity contribution >= 4 is 39.3 Å². The molecule has 0 spiro atoms. The van der Waals surface area contributed by atoms with Gasteiger partial charge in [-0.2, -0.15) is 0 Å². The minimum atomic E-state index is -0.550. The molecule has 0 bridgehead atoms. The topological polar surface area (TPSA) is 58.6 Å². The van der Waals surface area contributed by atoms with Gasteiger partial charge in [0.05, 0.1) is 18.5 Å². The molecule has 0 aliphatic carbocycles. The van der Waals surface area contributed by atoms with E-state index in [-0.39, 0.29) is 5.91 Å². The van der Waals surface area contributed by atoms with Crippen LogP contribution in [0, 0.1) is 0 Å². The van der Waals surface area contributed by atoms with Crippen molar-refractivity contribution in [3.8, 4) is 0 Å². The van der Waals surface area contributed by atoms with Gasteiger partial charge in [0.25, 0.3) is 0 Å². The maximum absolute atomic E-state index is 11.6. The zero-order chi connectivity index (χ0) is 13.3. The van der Waals surface area contributed by atoms with Crippen molar-refractivity contribution in [1.82, 2.24) is 0 Å². The lowest BCUT2D eigenvalue weighted by Gasteiger charge is -2.19. The number of nitrogens with zero attached hydrogens (tertiary/aromatic N) is 1. The van der Waals surface area contributed by atoms with Gasteiger partial charge >= 0.3 is 6.09 Å². The number of methoxy groups -OCH3 is 1. The number of halogens is 1. The number of nitrogens with one attached hydrogen (secondary N) is 1. The van der Waals surface area contributed by atoms with Crippen LogP contribution in [0.2, 0.25) is 0 Å². The fourth-order valence-electron chi connectivity index (χ4n) is 2.08. The first kappa shape index (κ1) is 12.9. The van der Waals surface area contributed by atoms with E-state index in [1.165, 1.54) is 14.0 Å². The van der Waals surface area contributed by atoms with Gasteiger partial charge < -0.3 is 9.64 Å². The number of ether oxygens (including phenoxy) is 1. The van der Waals surface area contributed by atoms with Crippen LogP contribution in [-0.4, -0.2) is 25.7 Å². The van der Waals surface area contributed by atoms with Crippen LogP contribution in [0.15, 0.2) is 16.6 Å². The molecule has 0 atom stereocenters. The number of hydrogen-bond acceptors (Lipinski definition) is 3. The summed E-state index contributed by atoms with van der Waals surface area (Å²) in [5, 5.41) is 2.63. The number of rotatable bonds is 1. The number of fused-ring (bicyclic) bond motifs is 1. The SMILES string of the molecule is COC(=O)Nc1cc(Br)cc2c1N(C(C)=O)CC2. The predicted octanol–water partition coefficient (Wildman–Crippen LogP) is 2.54. The molecule has 18 heavy (non-hydrogen) atoms. The van der Waals surface area contributed by atoms with Crippen molar-refractivity contribution in [1.29, 1.82) is 0 Å². The smallest absolute Gasteiger partial charge is 0.411 e. The summed E-state index contributed by atoms with van der Waals surface area (Å²) in [6.45, 7) is 2.15. The van der Waals surface area contributed by atoms with Gasteiger partial charge in [-0.05, 0) is 24.1 Å². The first-order valence-corrected chi connectivity index (χ1v) is 6.27. The third-order valence-corrected chi connectivity index (χ3v) is 3.29. The number of amides is 2. The van der Waals surface area contributed by atoms with Gasteiger partial charge in [0.1, 0.15) is 0 Å². The minimum Gasteiger partial charge on any atom is -0.453 e. The summed E-state index contributed by atoms with van der Waals surface area (Å²) in [7, 11) is 1.30. The molecule has 1 aliphatic heterocycles. The fourth-order valence-corrected chi connectivity index (χ4v) is 2.59. The normalized spacial score (nSPS) is 13.2. The maximum Gasteiger partial charge on any atom is 0.411 e. The zero-order valence-corrected chi connectivity index (χ0v) is 11.7. The second-order valence-electron chi connectivity index (χ2n) is 4.00. The highest BCUT2D eigenvalue weighted by Crippen LogP contribution is 2.38. The Kier molecular flexibility index (Phi) is 3.56. The van der Waals surface area contributed by atoms with E-state index < -0.39 is 6.09 Å². The largest absolute Gasteiger partial charge is 0.453 e. The van der Waals surface area contributed by atoms with Gasteiger partial charge in [-0.1, -0.05) is 15.9 Å². The molecule has 0 saturated carbocycles. The highest BCUT2D eigenvalue weighted by Gasteiger charge is 2.26. The van der Waals surface area contributed by atoms with Crippen LogP contribution < -0.4 is 10.2 Å². The van der Waals surface area contributed by atoms with Crippen LogP contribution in [-0.2, 0) is 16.0 Å². The van der Waals surface area contributed by atoms with Crippen LogP contribution in [0.1, 0.15) is 12.5 Å². The van der Waals surface area contributed by atoms with Crippen molar-refractivity contribution in [2.75, 3.05) is 23.9 Å². The molecule has 1 aliphatic rings. The highest BCUT2D eigenvalue weighted by molar-refractivity contribution is 9.10. The van der Waals surface area contributed by atoms with E-state index in [9.17, 15) is 9.59 Å². The molecule has 1 N–H and O–H groups in total. The first-order valence-electron chi connectivity index (χ1n) is 5.48. The monoisotopic (exact) mass is 312 g/mol. The third kappa shape index (κ3) is 2.33. The average molecular weight is 313 g/mol. The zero-order valence-electron chi connectivity index (χ0n) is 10.1. The van der Waals surface area contributed by atoms with Crippen LogP contribution in [0.3, 0.4) is 0 Å². The minimum absolute atomic E-state index is 0.0380. The second-order valence-corrected chi connectivity index (χ2v) is 4.91. The summed E-state index contributed by atoms with van der Waals surface area (Å²) in [5.41, 5.74) is 2.38. The van der Waals surface area contributed by atoms with Crippen molar-refractivity contribution in [3.63, 3.8) is 0 Å². The molecule has 0 fully saturated rings. The molecule has 0 aromatic heterocycles. The lowest BCUT2D eigenvalue weighted by atomic mass is 10.1. The number of carbonyl (C=O) groups is 2. The summed E-state index contributed by atoms with van der Waals surface area (Å²) in [6, 6.07) is 3.72. The molecule has 6 heteroatoms. The second kappa shape index (κ2) is 4.97. The maximum atomic E-state index is 11.6. The first-order chi connectivity index (χ1) is 8.52. The summed E-state index contributed by atoms with van der Waals surface area (Å²) in [4.78, 5) is 24.5. The molecule has 5 nitrogen and oxygen atoms in total. The Balaban J connectivity index is 2.46. The van der Waals surface area contributed by atoms with E-state index >= 15 is 0 Å². The highest BCUT2D eigenvalue weighted by atomic mass is 79.9. The molecule has 96 valence electrons. The molecule has 0 radical (unpaired) electrons. The molecule has 0 saturated heterocycles. The standard InChI is InChI=1S/C12H13BrN2O3/c1-7(16)15-4-3-8-5-9(13)6-10(11(8)15)14-12(17)18-2/h5-6H,3-4H2,1-2H3,(H,14,17). The lowest BCUT2D eigenvalue weighted by Crippen LogP contribution is -2.27. The Morgan fingerprint density at radius 1 is 1.44 bits per heavy atom. The predicted molar refractivity (Wildman–Crippen MR) is 71.9 cm³/mol. The number of hydrogen-bond donors (Lipinski definition) is 1. The average Bonchev–Trinajstić information content (AvgIpc) is 2.72. The fraction of sp³-hybridized carbons (Fsp3) is 0.333. The van der Waals surface area contributed by atoms with E-state index in [0.29, 0.717) is 12.2 Å². The van der Waals surface area contributed by atoms with Gasteiger partial charge in [-0.25, -0.2) is 4.79 Å². The quantitative estimate of drug-likeness (QED) is 0.867. The lowest BCUT2D eigenvalue weighted by molar-refractivity contribution is -0.116. The molecule has 0 unspecified atom stereocenters. The Labute approximate surface area is 113 Å². The van der Waals surface area contributed by atoms with Crippen molar-refractivity contribution in [2.24, 2.45) is 0 Å². The van der Waals surface area contributed by atoms with E-state index in [0.717, 1.165) is 22.1 Å². The number of carbonyl (C=O) groups excluding carboxylic acids is 2. The molecule has 1 aromatic carbocycles. The molecule has 2 rings (SSSR count). The van der Waals surface area contributed by atoms with Crippen LogP contribution in [0.5, 0.6) is 0 Å². The van der Waals surface area contributed by atoms with Gasteiger partial charge in [0, 0.05) is 17.9 Å². The van der Waals surface area contributed by atoms with Crippen LogP contribution in [0.4, 0.5) is 16.2 Å². The summed E-state index contributed by atoms with van der Waals surface area (Å²) in [5.74, 6) is -0.0380. The van der Waals surface area contributed by atoms with E-state index in [4.69, 9.17) is 0 Å². The van der Waals surface area contributed by atoms with Gasteiger partial charge in [-0.15, -0.1) is 0 Å². The molecule has 1 aromatic rings. The Bertz CT molecular complexity index is 516. The van der Waals surface area contributed by atoms with Gasteiger partial charge in [0.2, 0.25) is 5.91 Å². The number of benzene rings is 1. The van der Waals surface area contributed by atoms with Crippen LogP contribution >= 0.6 is 15.9 Å². The Morgan fingerprint density at radius 3 is 2.78 bits per heavy atom. The Morgan fingerprint density at radius 2 is 2.17 bits per heavy atom. The van der Waals surface area contributed by atoms with Crippen molar-refractivity contribution in [2.45, 2.75) is 13.3 Å².